The molecule has 0 radical (unpaired) electrons. The van der Waals surface area contributed by atoms with Gasteiger partial charge < -0.3 is 5.11 Å². The summed E-state index contributed by atoms with van der Waals surface area (Å²) in [5, 5.41) is 19.7. The van der Waals surface area contributed by atoms with E-state index in [0.29, 0.717) is 4.88 Å². The van der Waals surface area contributed by atoms with Crippen LogP contribution in [0.3, 0.4) is 0 Å². The summed E-state index contributed by atoms with van der Waals surface area (Å²) in [6.45, 7) is 0. The number of aromatic nitrogens is 2. The summed E-state index contributed by atoms with van der Waals surface area (Å²) in [7, 11) is 0. The molecule has 4 rings (SSSR count). The molecule has 1 aromatic carbocycles. The van der Waals surface area contributed by atoms with E-state index in [4.69, 9.17) is 0 Å². The largest absolute Gasteiger partial charge is 0.503 e. The molecule has 1 amide bonds. The second-order valence-electron chi connectivity index (χ2n) is 5.54. The van der Waals surface area contributed by atoms with Crippen LogP contribution >= 0.6 is 22.7 Å². The zero-order chi connectivity index (χ0) is 19.1. The Morgan fingerprint density at radius 1 is 1.19 bits per heavy atom. The number of hydrogen-bond acceptors (Lipinski definition) is 7. The van der Waals surface area contributed by atoms with E-state index in [1.807, 2.05) is 0 Å². The molecular weight excluding hydrogens is 396 g/mol. The molecule has 1 atom stereocenters. The zero-order valence-corrected chi connectivity index (χ0v) is 14.9. The van der Waals surface area contributed by atoms with Gasteiger partial charge in [-0.05, 0) is 29.1 Å². The van der Waals surface area contributed by atoms with Gasteiger partial charge in [0.2, 0.25) is 10.9 Å². The van der Waals surface area contributed by atoms with E-state index in [9.17, 15) is 23.5 Å². The fourth-order valence-electron chi connectivity index (χ4n) is 2.85. The number of thiophene rings is 1. The van der Waals surface area contributed by atoms with E-state index in [-0.39, 0.29) is 16.3 Å². The van der Waals surface area contributed by atoms with Crippen molar-refractivity contribution in [3.05, 3.63) is 74.6 Å². The van der Waals surface area contributed by atoms with Gasteiger partial charge in [-0.2, -0.15) is 0 Å². The summed E-state index contributed by atoms with van der Waals surface area (Å²) in [5.41, 5.74) is 1.28. The van der Waals surface area contributed by atoms with Gasteiger partial charge in [0.05, 0.1) is 16.5 Å². The lowest BCUT2D eigenvalue weighted by Gasteiger charge is -2.24. The maximum absolute atomic E-state index is 13.8. The van der Waals surface area contributed by atoms with E-state index in [0.717, 1.165) is 39.7 Å². The Morgan fingerprint density at radius 2 is 2.00 bits per heavy atom. The molecule has 1 aliphatic heterocycles. The standard InChI is InChI=1S/C17H9F2N3O3S2/c18-9-4-3-8(6-10(9)19)13-12(14(23)11-2-1-5-26-11)15(24)16(25)22(13)17-21-20-7-27-17/h1-7,13,24H. The first-order valence-electron chi connectivity index (χ1n) is 7.55. The minimum absolute atomic E-state index is 0.121. The van der Waals surface area contributed by atoms with Crippen molar-refractivity contribution in [2.75, 3.05) is 4.90 Å². The number of anilines is 1. The molecule has 3 heterocycles. The number of halogens is 2. The highest BCUT2D eigenvalue weighted by Gasteiger charge is 2.46. The summed E-state index contributed by atoms with van der Waals surface area (Å²) in [6, 6.07) is 5.09. The Kier molecular flexibility index (Phi) is 4.28. The molecule has 10 heteroatoms. The molecule has 136 valence electrons. The van der Waals surface area contributed by atoms with Gasteiger partial charge in [0, 0.05) is 0 Å². The number of carbonyl (C=O) groups excluding carboxylic acids is 2. The molecule has 0 bridgehead atoms. The van der Waals surface area contributed by atoms with E-state index in [1.165, 1.54) is 11.6 Å². The lowest BCUT2D eigenvalue weighted by molar-refractivity contribution is -0.117. The average molecular weight is 405 g/mol. The van der Waals surface area contributed by atoms with E-state index in [2.05, 4.69) is 10.2 Å². The molecule has 0 saturated carbocycles. The molecule has 0 saturated heterocycles. The third-order valence-electron chi connectivity index (χ3n) is 4.01. The summed E-state index contributed by atoms with van der Waals surface area (Å²) < 4.78 is 27.2. The monoisotopic (exact) mass is 405 g/mol. The number of nitrogens with zero attached hydrogens (tertiary/aromatic N) is 3. The van der Waals surface area contributed by atoms with Crippen molar-refractivity contribution in [3.63, 3.8) is 0 Å². The number of Topliss-reactive ketones (excluding diaryl/α,β-unsaturated/α-hetero) is 1. The van der Waals surface area contributed by atoms with Crippen molar-refractivity contribution >= 4 is 39.5 Å². The lowest BCUT2D eigenvalue weighted by Crippen LogP contribution is -2.31. The van der Waals surface area contributed by atoms with E-state index >= 15 is 0 Å². The molecule has 3 aromatic rings. The molecule has 0 spiro atoms. The smallest absolute Gasteiger partial charge is 0.296 e. The number of ketones is 1. The molecule has 1 unspecified atom stereocenters. The van der Waals surface area contributed by atoms with Gasteiger partial charge in [-0.15, -0.1) is 21.5 Å². The normalized spacial score (nSPS) is 17.0. The number of carbonyl (C=O) groups is 2. The third-order valence-corrected chi connectivity index (χ3v) is 5.57. The van der Waals surface area contributed by atoms with Gasteiger partial charge in [0.15, 0.2) is 17.4 Å². The highest BCUT2D eigenvalue weighted by molar-refractivity contribution is 7.13. The minimum Gasteiger partial charge on any atom is -0.503 e. The minimum atomic E-state index is -1.16. The molecule has 27 heavy (non-hydrogen) atoms. The zero-order valence-electron chi connectivity index (χ0n) is 13.3. The molecule has 0 fully saturated rings. The fraction of sp³-hybridized carbons (Fsp3) is 0.0588. The quantitative estimate of drug-likeness (QED) is 0.670. The van der Waals surface area contributed by atoms with Crippen LogP contribution in [0.5, 0.6) is 0 Å². The van der Waals surface area contributed by atoms with Crippen LogP contribution in [0.25, 0.3) is 0 Å². The number of aliphatic hydroxyl groups is 1. The van der Waals surface area contributed by atoms with Crippen LogP contribution in [-0.2, 0) is 4.79 Å². The Bertz CT molecular complexity index is 1070. The molecule has 6 nitrogen and oxygen atoms in total. The molecule has 0 aliphatic carbocycles. The first-order valence-corrected chi connectivity index (χ1v) is 9.31. The van der Waals surface area contributed by atoms with Crippen molar-refractivity contribution in [2.24, 2.45) is 0 Å². The second-order valence-corrected chi connectivity index (χ2v) is 7.30. The Balaban J connectivity index is 1.90. The summed E-state index contributed by atoms with van der Waals surface area (Å²) in [4.78, 5) is 26.9. The fourth-order valence-corrected chi connectivity index (χ4v) is 4.11. The SMILES string of the molecule is O=C(C1=C(O)C(=O)N(c2nncs2)C1c1ccc(F)c(F)c1)c1cccs1. The molecule has 1 N–H and O–H groups in total. The Hall–Kier alpha value is -2.98. The number of benzene rings is 1. The predicted octanol–water partition coefficient (Wildman–Crippen LogP) is 3.66. The van der Waals surface area contributed by atoms with Crippen LogP contribution in [0.1, 0.15) is 21.3 Å². The number of hydrogen-bond donors (Lipinski definition) is 1. The van der Waals surface area contributed by atoms with Gasteiger partial charge in [0.25, 0.3) is 5.91 Å². The van der Waals surface area contributed by atoms with Crippen LogP contribution in [0.4, 0.5) is 13.9 Å². The van der Waals surface area contributed by atoms with Gasteiger partial charge in [0.1, 0.15) is 5.51 Å². The first kappa shape index (κ1) is 17.4. The maximum atomic E-state index is 13.8. The summed E-state index contributed by atoms with van der Waals surface area (Å²) >= 11 is 2.15. The summed E-state index contributed by atoms with van der Waals surface area (Å²) in [5.74, 6) is -4.38. The van der Waals surface area contributed by atoms with Crippen molar-refractivity contribution < 1.29 is 23.5 Å². The van der Waals surface area contributed by atoms with Gasteiger partial charge >= 0.3 is 0 Å². The van der Waals surface area contributed by atoms with Crippen molar-refractivity contribution in [3.8, 4) is 0 Å². The van der Waals surface area contributed by atoms with Crippen LogP contribution in [0.15, 0.2) is 52.6 Å². The molecule has 1 aliphatic rings. The van der Waals surface area contributed by atoms with Crippen molar-refractivity contribution in [1.82, 2.24) is 10.2 Å². The van der Waals surface area contributed by atoms with Crippen LogP contribution < -0.4 is 4.90 Å². The molecule has 2 aromatic heterocycles. The van der Waals surface area contributed by atoms with Gasteiger partial charge in [-0.3, -0.25) is 14.5 Å². The highest BCUT2D eigenvalue weighted by atomic mass is 32.1. The van der Waals surface area contributed by atoms with Crippen LogP contribution in [-0.4, -0.2) is 27.0 Å². The predicted molar refractivity (Wildman–Crippen MR) is 94.8 cm³/mol. The number of aliphatic hydroxyl groups excluding tert-OH is 1. The van der Waals surface area contributed by atoms with E-state index in [1.54, 1.807) is 17.5 Å². The van der Waals surface area contributed by atoms with Gasteiger partial charge in [-0.1, -0.05) is 23.5 Å². The first-order chi connectivity index (χ1) is 13.0. The second kappa shape index (κ2) is 6.63. The maximum Gasteiger partial charge on any atom is 0.296 e. The highest BCUT2D eigenvalue weighted by Crippen LogP contribution is 2.42. The van der Waals surface area contributed by atoms with Crippen LogP contribution in [0, 0.1) is 11.6 Å². The van der Waals surface area contributed by atoms with Crippen molar-refractivity contribution in [1.29, 1.82) is 0 Å². The number of amides is 1. The van der Waals surface area contributed by atoms with Gasteiger partial charge in [-0.25, -0.2) is 8.78 Å². The lowest BCUT2D eigenvalue weighted by atomic mass is 9.95. The topological polar surface area (TPSA) is 83.4 Å². The third kappa shape index (κ3) is 2.82. The summed E-state index contributed by atoms with van der Waals surface area (Å²) in [6.07, 6.45) is 0. The van der Waals surface area contributed by atoms with Crippen LogP contribution in [0.2, 0.25) is 0 Å². The van der Waals surface area contributed by atoms with Crippen molar-refractivity contribution in [2.45, 2.75) is 6.04 Å². The number of rotatable bonds is 4. The Morgan fingerprint density at radius 3 is 2.63 bits per heavy atom. The van der Waals surface area contributed by atoms with E-state index < -0.39 is 35.1 Å². The average Bonchev–Trinajstić information content (AvgIpc) is 3.39. The Labute approximate surface area is 159 Å². The molecular formula is C17H9F2N3O3S2.